The molecule has 34 heavy (non-hydrogen) atoms. The van der Waals surface area contributed by atoms with Crippen LogP contribution < -0.4 is 0 Å². The molecule has 0 aliphatic carbocycles. The number of esters is 1. The molecule has 2 N–H and O–H groups in total. The van der Waals surface area contributed by atoms with Gasteiger partial charge in [-0.2, -0.15) is 13.2 Å². The fraction of sp³-hybridized carbons (Fsp3) is 0.136. The van der Waals surface area contributed by atoms with E-state index in [-0.39, 0.29) is 46.2 Å². The maximum Gasteiger partial charge on any atom is 0.420 e. The van der Waals surface area contributed by atoms with Crippen LogP contribution in [0.5, 0.6) is 5.75 Å². The van der Waals surface area contributed by atoms with E-state index in [1.54, 1.807) is 6.07 Å². The Kier molecular flexibility index (Phi) is 5.65. The van der Waals surface area contributed by atoms with E-state index in [9.17, 15) is 33.0 Å². The molecule has 4 rings (SSSR count). The van der Waals surface area contributed by atoms with Gasteiger partial charge >= 0.3 is 18.1 Å². The van der Waals surface area contributed by atoms with Crippen LogP contribution in [0.1, 0.15) is 21.7 Å². The summed E-state index contributed by atoms with van der Waals surface area (Å²) >= 11 is 0. The van der Waals surface area contributed by atoms with E-state index in [2.05, 4.69) is 19.8 Å². The number of fused-ring (bicyclic) bond motifs is 1. The maximum atomic E-state index is 13.8. The molecule has 9 nitrogen and oxygen atoms in total. The lowest BCUT2D eigenvalue weighted by molar-refractivity contribution is -0.139. The van der Waals surface area contributed by atoms with Gasteiger partial charge in [-0.05, 0) is 29.8 Å². The first kappa shape index (κ1) is 22.7. The lowest BCUT2D eigenvalue weighted by Gasteiger charge is -2.10. The van der Waals surface area contributed by atoms with Crippen LogP contribution in [0.15, 0.2) is 53.0 Å². The SMILES string of the molecule is COC(=O)Cc1cc(O)ccc1N=C1C(C(F)(F)F)=Cn2nc(-c3ccccc3C(=O)O)nc21. The summed E-state index contributed by atoms with van der Waals surface area (Å²) in [5.41, 5.74) is -1.58. The monoisotopic (exact) mass is 472 g/mol. The van der Waals surface area contributed by atoms with Crippen molar-refractivity contribution in [3.63, 3.8) is 0 Å². The normalized spacial score (nSPS) is 14.1. The molecule has 3 aromatic rings. The van der Waals surface area contributed by atoms with Crippen molar-refractivity contribution in [3.8, 4) is 17.1 Å². The number of methoxy groups -OCH3 is 1. The van der Waals surface area contributed by atoms with Crippen LogP contribution in [0.4, 0.5) is 18.9 Å². The highest BCUT2D eigenvalue weighted by atomic mass is 19.4. The smallest absolute Gasteiger partial charge is 0.420 e. The number of aromatic nitrogens is 3. The van der Waals surface area contributed by atoms with Gasteiger partial charge < -0.3 is 14.9 Å². The maximum absolute atomic E-state index is 13.8. The van der Waals surface area contributed by atoms with Crippen molar-refractivity contribution in [2.75, 3.05) is 7.11 Å². The number of aromatic hydroxyl groups is 1. The Bertz CT molecular complexity index is 1380. The van der Waals surface area contributed by atoms with Gasteiger partial charge in [0.15, 0.2) is 11.6 Å². The zero-order chi connectivity index (χ0) is 24.6. The van der Waals surface area contributed by atoms with Crippen molar-refractivity contribution in [2.45, 2.75) is 12.6 Å². The number of rotatable bonds is 5. The Hall–Kier alpha value is -4.48. The van der Waals surface area contributed by atoms with Crippen LogP contribution in [-0.2, 0) is 16.0 Å². The zero-order valence-corrected chi connectivity index (χ0v) is 17.4. The molecule has 2 heterocycles. The van der Waals surface area contributed by atoms with Crippen molar-refractivity contribution in [1.82, 2.24) is 14.8 Å². The Balaban J connectivity index is 1.87. The molecule has 174 valence electrons. The van der Waals surface area contributed by atoms with E-state index < -0.39 is 29.4 Å². The summed E-state index contributed by atoms with van der Waals surface area (Å²) in [5.74, 6) is -2.50. The molecule has 0 saturated carbocycles. The largest absolute Gasteiger partial charge is 0.508 e. The minimum Gasteiger partial charge on any atom is -0.508 e. The number of halogens is 3. The first-order valence-corrected chi connectivity index (χ1v) is 9.65. The Labute approximate surface area is 189 Å². The number of carboxylic acids is 1. The Morgan fingerprint density at radius 1 is 1.18 bits per heavy atom. The molecule has 0 amide bonds. The third-order valence-electron chi connectivity index (χ3n) is 4.91. The highest BCUT2D eigenvalue weighted by molar-refractivity contribution is 6.17. The number of alkyl halides is 3. The van der Waals surface area contributed by atoms with Crippen LogP contribution in [0.25, 0.3) is 17.6 Å². The topological polar surface area (TPSA) is 127 Å². The van der Waals surface area contributed by atoms with Gasteiger partial charge in [0.1, 0.15) is 17.0 Å². The standard InChI is InChI=1S/C22H15F3N4O5/c1-34-17(31)9-11-8-12(30)6-7-16(11)26-18-15(22(23,24)25)10-29-20(18)27-19(28-29)13-4-2-3-5-14(13)21(32)33/h2-8,10,30H,9H2,1H3,(H,32,33). The highest BCUT2D eigenvalue weighted by Crippen LogP contribution is 2.36. The highest BCUT2D eigenvalue weighted by Gasteiger charge is 2.43. The van der Waals surface area contributed by atoms with Gasteiger partial charge in [0, 0.05) is 11.8 Å². The van der Waals surface area contributed by atoms with Gasteiger partial charge in [0.25, 0.3) is 0 Å². The number of carbonyl (C=O) groups excluding carboxylic acids is 1. The van der Waals surface area contributed by atoms with Crippen molar-refractivity contribution in [3.05, 3.63) is 65.0 Å². The van der Waals surface area contributed by atoms with E-state index >= 15 is 0 Å². The molecule has 1 aliphatic rings. The third-order valence-corrected chi connectivity index (χ3v) is 4.91. The second kappa shape index (κ2) is 8.46. The Morgan fingerprint density at radius 2 is 1.91 bits per heavy atom. The third kappa shape index (κ3) is 4.25. The predicted octanol–water partition coefficient (Wildman–Crippen LogP) is 3.60. The molecule has 1 aliphatic heterocycles. The van der Waals surface area contributed by atoms with Crippen LogP contribution in [0.2, 0.25) is 0 Å². The van der Waals surface area contributed by atoms with Gasteiger partial charge in [-0.15, -0.1) is 5.10 Å². The van der Waals surface area contributed by atoms with Gasteiger partial charge in [0.05, 0.1) is 24.8 Å². The van der Waals surface area contributed by atoms with Gasteiger partial charge in [-0.1, -0.05) is 18.2 Å². The molecule has 0 bridgehead atoms. The molecule has 1 aromatic heterocycles. The van der Waals surface area contributed by atoms with Gasteiger partial charge in [-0.25, -0.2) is 19.5 Å². The zero-order valence-electron chi connectivity index (χ0n) is 17.4. The molecule has 0 atom stereocenters. The number of phenolic OH excluding ortho intramolecular Hbond substituents is 1. The second-order valence-corrected chi connectivity index (χ2v) is 7.12. The van der Waals surface area contributed by atoms with E-state index in [1.165, 1.54) is 36.4 Å². The van der Waals surface area contributed by atoms with Crippen molar-refractivity contribution in [2.24, 2.45) is 4.99 Å². The number of benzene rings is 2. The fourth-order valence-electron chi connectivity index (χ4n) is 3.35. The number of carbonyl (C=O) groups is 2. The average molecular weight is 472 g/mol. The van der Waals surface area contributed by atoms with E-state index in [4.69, 9.17) is 0 Å². The van der Waals surface area contributed by atoms with Crippen molar-refractivity contribution < 1.29 is 37.7 Å². The molecular formula is C22H15F3N4O5. The summed E-state index contributed by atoms with van der Waals surface area (Å²) in [6.07, 6.45) is -4.44. The van der Waals surface area contributed by atoms with E-state index in [0.29, 0.717) is 6.20 Å². The van der Waals surface area contributed by atoms with Crippen LogP contribution >= 0.6 is 0 Å². The van der Waals surface area contributed by atoms with Gasteiger partial charge in [-0.3, -0.25) is 4.79 Å². The summed E-state index contributed by atoms with van der Waals surface area (Å²) in [6.45, 7) is 0. The summed E-state index contributed by atoms with van der Waals surface area (Å²) in [4.78, 5) is 31.5. The van der Waals surface area contributed by atoms with E-state index in [0.717, 1.165) is 11.8 Å². The first-order chi connectivity index (χ1) is 16.1. The molecule has 12 heteroatoms. The fourth-order valence-corrected chi connectivity index (χ4v) is 3.35. The summed E-state index contributed by atoms with van der Waals surface area (Å²) in [6, 6.07) is 9.48. The van der Waals surface area contributed by atoms with Gasteiger partial charge in [0.2, 0.25) is 0 Å². The quantitative estimate of drug-likeness (QED) is 0.543. The van der Waals surface area contributed by atoms with E-state index in [1.807, 2.05) is 0 Å². The number of aliphatic imine (C=N–C) groups is 1. The molecule has 0 radical (unpaired) electrons. The number of hydrogen-bond acceptors (Lipinski definition) is 7. The number of allylic oxidation sites excluding steroid dienone is 1. The van der Waals surface area contributed by atoms with Crippen LogP contribution in [-0.4, -0.2) is 55.9 Å². The molecule has 0 unspecified atom stereocenters. The molecule has 2 aromatic carbocycles. The minimum absolute atomic E-state index is 0.0164. The van der Waals surface area contributed by atoms with Crippen LogP contribution in [0, 0.1) is 0 Å². The molecule has 0 fully saturated rings. The number of nitrogens with zero attached hydrogens (tertiary/aromatic N) is 4. The summed E-state index contributed by atoms with van der Waals surface area (Å²) in [7, 11) is 1.15. The van der Waals surface area contributed by atoms with Crippen molar-refractivity contribution in [1.29, 1.82) is 0 Å². The number of hydrogen-bond donors (Lipinski definition) is 2. The lowest BCUT2D eigenvalue weighted by Crippen LogP contribution is -2.18. The number of phenols is 1. The number of aromatic carboxylic acids is 1. The minimum atomic E-state index is -4.81. The summed E-state index contributed by atoms with van der Waals surface area (Å²) < 4.78 is 46.8. The second-order valence-electron chi connectivity index (χ2n) is 7.12. The number of carboxylic acid groups (broad SMARTS) is 1. The first-order valence-electron chi connectivity index (χ1n) is 9.65. The molecule has 0 saturated heterocycles. The Morgan fingerprint density at radius 3 is 2.59 bits per heavy atom. The summed E-state index contributed by atoms with van der Waals surface area (Å²) in [5, 5.41) is 23.2. The number of ether oxygens (including phenoxy) is 1. The predicted molar refractivity (Wildman–Crippen MR) is 113 cm³/mol. The molecular weight excluding hydrogens is 457 g/mol. The molecule has 0 spiro atoms. The van der Waals surface area contributed by atoms with Crippen LogP contribution in [0.3, 0.4) is 0 Å². The average Bonchev–Trinajstić information content (AvgIpc) is 3.34. The lowest BCUT2D eigenvalue weighted by atomic mass is 10.1. The van der Waals surface area contributed by atoms with Crippen molar-refractivity contribution >= 4 is 29.5 Å².